The number of phenolic OH excluding ortho intramolecular Hbond substituents is 1. The van der Waals surface area contributed by atoms with E-state index < -0.39 is 79.6 Å². The van der Waals surface area contributed by atoms with E-state index in [0.29, 0.717) is 5.56 Å². The number of fused-ring (bicyclic) bond motifs is 1. The van der Waals surface area contributed by atoms with Gasteiger partial charge in [0.25, 0.3) is 0 Å². The summed E-state index contributed by atoms with van der Waals surface area (Å²) in [5.41, 5.74) is -1.61. The first kappa shape index (κ1) is 29.5. The maximum Gasteiger partial charge on any atom is 0.335 e. The Morgan fingerprint density at radius 2 is 1.88 bits per heavy atom. The zero-order valence-electron chi connectivity index (χ0n) is 21.1. The third-order valence-corrected chi connectivity index (χ3v) is 6.98. The van der Waals surface area contributed by atoms with Crippen molar-refractivity contribution in [1.82, 2.24) is 0 Å². The standard InChI is InChI=1S/C26H30O14/c1-36-16-8-12(2-4-15(16)28)3-5-18(29)37-10-17-20(30)21(31)22(32)25(39-17)40-24-19-13(6-7-26(19,35)11-27)14(9-38-24)23(33)34/h2-9,13,17,19-22,24-25,27-28,30-32,35H,10-11H2,1H3,(H,33,34)/b5-3+/t13-,17-,19-,20-,21+,22-,24+,25+,26+/m1/s1. The van der Waals surface area contributed by atoms with Gasteiger partial charge in [-0.25, -0.2) is 9.59 Å². The number of phenols is 1. The van der Waals surface area contributed by atoms with Crippen LogP contribution >= 0.6 is 0 Å². The minimum atomic E-state index is -1.93. The maximum atomic E-state index is 12.2. The average Bonchev–Trinajstić information content (AvgIpc) is 3.30. The van der Waals surface area contributed by atoms with Crippen LogP contribution in [0.1, 0.15) is 5.56 Å². The molecule has 218 valence electrons. The van der Waals surface area contributed by atoms with E-state index in [1.807, 2.05) is 0 Å². The van der Waals surface area contributed by atoms with Crippen LogP contribution in [0.4, 0.5) is 0 Å². The summed E-state index contributed by atoms with van der Waals surface area (Å²) in [6.07, 6.45) is -3.78. The molecule has 0 aromatic heterocycles. The Hall–Kier alpha value is -3.50. The van der Waals surface area contributed by atoms with Crippen molar-refractivity contribution < 1.29 is 69.0 Å². The number of aliphatic carboxylic acids is 1. The molecule has 1 saturated heterocycles. The number of carboxylic acid groups (broad SMARTS) is 1. The van der Waals surface area contributed by atoms with Crippen molar-refractivity contribution in [1.29, 1.82) is 0 Å². The van der Waals surface area contributed by atoms with Gasteiger partial charge >= 0.3 is 11.9 Å². The molecule has 1 aliphatic carbocycles. The summed E-state index contributed by atoms with van der Waals surface area (Å²) in [6, 6.07) is 4.39. The topological polar surface area (TPSA) is 222 Å². The van der Waals surface area contributed by atoms with E-state index >= 15 is 0 Å². The van der Waals surface area contributed by atoms with Gasteiger partial charge in [-0.3, -0.25) is 0 Å². The number of benzene rings is 1. The van der Waals surface area contributed by atoms with E-state index in [0.717, 1.165) is 12.3 Å². The number of ether oxygens (including phenoxy) is 5. The Morgan fingerprint density at radius 3 is 2.55 bits per heavy atom. The van der Waals surface area contributed by atoms with Crippen molar-refractivity contribution >= 4 is 18.0 Å². The second-order valence-electron chi connectivity index (χ2n) is 9.49. The molecule has 4 rings (SSSR count). The van der Waals surface area contributed by atoms with Gasteiger partial charge in [0.05, 0.1) is 31.5 Å². The summed E-state index contributed by atoms with van der Waals surface area (Å²) < 4.78 is 26.7. The summed E-state index contributed by atoms with van der Waals surface area (Å²) in [7, 11) is 1.37. The number of methoxy groups -OCH3 is 1. The van der Waals surface area contributed by atoms with Crippen LogP contribution in [0, 0.1) is 11.8 Å². The van der Waals surface area contributed by atoms with Crippen molar-refractivity contribution in [2.45, 2.75) is 42.6 Å². The highest BCUT2D eigenvalue weighted by atomic mass is 16.8. The number of carboxylic acids is 1. The Morgan fingerprint density at radius 1 is 1.12 bits per heavy atom. The molecule has 0 amide bonds. The van der Waals surface area contributed by atoms with Gasteiger partial charge in [-0.2, -0.15) is 0 Å². The molecular formula is C26H30O14. The molecule has 14 nitrogen and oxygen atoms in total. The lowest BCUT2D eigenvalue weighted by Crippen LogP contribution is -2.61. The number of esters is 1. The van der Waals surface area contributed by atoms with Gasteiger partial charge < -0.3 is 59.4 Å². The van der Waals surface area contributed by atoms with Gasteiger partial charge in [0, 0.05) is 12.0 Å². The Bertz CT molecular complexity index is 1190. The number of aliphatic hydroxyl groups is 5. The molecule has 3 aliphatic rings. The van der Waals surface area contributed by atoms with Crippen LogP contribution in [0.3, 0.4) is 0 Å². The van der Waals surface area contributed by atoms with E-state index in [1.165, 1.54) is 43.5 Å². The molecule has 2 aliphatic heterocycles. The molecule has 7 N–H and O–H groups in total. The molecule has 0 radical (unpaired) electrons. The number of aromatic hydroxyl groups is 1. The van der Waals surface area contributed by atoms with Crippen LogP contribution in [0.2, 0.25) is 0 Å². The number of hydrogen-bond donors (Lipinski definition) is 7. The number of carbonyl (C=O) groups excluding carboxylic acids is 1. The highest BCUT2D eigenvalue weighted by Gasteiger charge is 2.55. The average molecular weight is 567 g/mol. The molecule has 0 saturated carbocycles. The van der Waals surface area contributed by atoms with Gasteiger partial charge in [-0.05, 0) is 23.8 Å². The van der Waals surface area contributed by atoms with Gasteiger partial charge in [0.15, 0.2) is 17.8 Å². The quantitative estimate of drug-likeness (QED) is 0.104. The molecule has 1 aromatic rings. The van der Waals surface area contributed by atoms with Crippen LogP contribution in [0.5, 0.6) is 11.5 Å². The third kappa shape index (κ3) is 5.83. The lowest BCUT2D eigenvalue weighted by atomic mass is 9.79. The molecule has 0 spiro atoms. The van der Waals surface area contributed by atoms with Crippen molar-refractivity contribution in [3.05, 3.63) is 53.8 Å². The monoisotopic (exact) mass is 566 g/mol. The molecular weight excluding hydrogens is 536 g/mol. The van der Waals surface area contributed by atoms with Crippen LogP contribution in [-0.2, 0) is 28.5 Å². The number of rotatable bonds is 9. The zero-order chi connectivity index (χ0) is 29.2. The summed E-state index contributed by atoms with van der Waals surface area (Å²) in [4.78, 5) is 23.9. The van der Waals surface area contributed by atoms with Gasteiger partial charge in [-0.1, -0.05) is 18.2 Å². The normalized spacial score (nSPS) is 35.1. The molecule has 9 atom stereocenters. The largest absolute Gasteiger partial charge is 0.504 e. The van der Waals surface area contributed by atoms with Crippen molar-refractivity contribution in [2.75, 3.05) is 20.3 Å². The first-order chi connectivity index (χ1) is 19.0. The third-order valence-electron chi connectivity index (χ3n) is 6.98. The van der Waals surface area contributed by atoms with Crippen molar-refractivity contribution in [2.24, 2.45) is 11.8 Å². The Kier molecular flexibility index (Phi) is 8.80. The number of allylic oxidation sites excluding steroid dienone is 1. The number of carbonyl (C=O) groups is 2. The van der Waals surface area contributed by atoms with Gasteiger partial charge in [0.1, 0.15) is 36.6 Å². The predicted molar refractivity (Wildman–Crippen MR) is 131 cm³/mol. The SMILES string of the molecule is COc1cc(/C=C/C(=O)OC[C@H]2O[C@@H](O[C@@H]3OC=C(C(=O)O)[C@H]4C=C[C@](O)(CO)[C@@H]34)[C@H](O)[C@@H](O)[C@@H]2O)ccc1O. The maximum absolute atomic E-state index is 12.2. The molecule has 1 aromatic carbocycles. The lowest BCUT2D eigenvalue weighted by Gasteiger charge is -2.44. The van der Waals surface area contributed by atoms with E-state index in [4.69, 9.17) is 23.7 Å². The lowest BCUT2D eigenvalue weighted by molar-refractivity contribution is -0.346. The summed E-state index contributed by atoms with van der Waals surface area (Å²) >= 11 is 0. The highest BCUT2D eigenvalue weighted by molar-refractivity contribution is 5.88. The van der Waals surface area contributed by atoms with E-state index in [9.17, 15) is 45.3 Å². The fraction of sp³-hybridized carbons (Fsp3) is 0.462. The Labute approximate surface area is 227 Å². The smallest absolute Gasteiger partial charge is 0.335 e. The molecule has 0 unspecified atom stereocenters. The molecule has 0 bridgehead atoms. The molecule has 14 heteroatoms. The van der Waals surface area contributed by atoms with Crippen LogP contribution in [0.15, 0.2) is 48.3 Å². The van der Waals surface area contributed by atoms with Gasteiger partial charge in [0.2, 0.25) is 6.29 Å². The first-order valence-corrected chi connectivity index (χ1v) is 12.2. The van der Waals surface area contributed by atoms with Crippen molar-refractivity contribution in [3.63, 3.8) is 0 Å². The number of hydrogen-bond acceptors (Lipinski definition) is 13. The second-order valence-corrected chi connectivity index (χ2v) is 9.49. The molecule has 40 heavy (non-hydrogen) atoms. The van der Waals surface area contributed by atoms with E-state index in [-0.39, 0.29) is 17.1 Å². The predicted octanol–water partition coefficient (Wildman–Crippen LogP) is -1.37. The molecule has 1 fully saturated rings. The van der Waals surface area contributed by atoms with Crippen LogP contribution in [-0.4, -0.2) is 111 Å². The van der Waals surface area contributed by atoms with Crippen molar-refractivity contribution in [3.8, 4) is 11.5 Å². The van der Waals surface area contributed by atoms with Crippen LogP contribution < -0.4 is 4.74 Å². The minimum Gasteiger partial charge on any atom is -0.504 e. The highest BCUT2D eigenvalue weighted by Crippen LogP contribution is 2.45. The molecule has 2 heterocycles. The van der Waals surface area contributed by atoms with Crippen LogP contribution in [0.25, 0.3) is 6.08 Å². The second kappa shape index (κ2) is 11.9. The van der Waals surface area contributed by atoms with Gasteiger partial charge in [-0.15, -0.1) is 0 Å². The zero-order valence-corrected chi connectivity index (χ0v) is 21.1. The Balaban J connectivity index is 1.42. The fourth-order valence-corrected chi connectivity index (χ4v) is 4.76. The fourth-order valence-electron chi connectivity index (χ4n) is 4.76. The van der Waals surface area contributed by atoms with E-state index in [1.54, 1.807) is 0 Å². The summed E-state index contributed by atoms with van der Waals surface area (Å²) in [6.45, 7) is -1.35. The minimum absolute atomic E-state index is 0.0825. The summed E-state index contributed by atoms with van der Waals surface area (Å²) in [5, 5.41) is 70.9. The summed E-state index contributed by atoms with van der Waals surface area (Å²) in [5.74, 6) is -4.11. The first-order valence-electron chi connectivity index (χ1n) is 12.2. The number of aliphatic hydroxyl groups excluding tert-OH is 4. The van der Waals surface area contributed by atoms with E-state index in [2.05, 4.69) is 0 Å².